The highest BCUT2D eigenvalue weighted by Crippen LogP contribution is 2.24. The van der Waals surface area contributed by atoms with Crippen LogP contribution >= 0.6 is 0 Å². The van der Waals surface area contributed by atoms with Crippen molar-refractivity contribution in [2.45, 2.75) is 39.8 Å². The van der Waals surface area contributed by atoms with Crippen LogP contribution in [-0.4, -0.2) is 45.1 Å². The maximum absolute atomic E-state index is 13.0. The second-order valence-corrected chi connectivity index (χ2v) is 8.39. The zero-order valence-corrected chi connectivity index (χ0v) is 19.2. The molecule has 0 spiro atoms. The molecule has 0 N–H and O–H groups in total. The van der Waals surface area contributed by atoms with Gasteiger partial charge in [-0.2, -0.15) is 4.98 Å². The summed E-state index contributed by atoms with van der Waals surface area (Å²) in [5, 5.41) is 15.0. The van der Waals surface area contributed by atoms with Gasteiger partial charge in [0.25, 0.3) is 11.6 Å². The number of aromatic nitrogens is 2. The number of benzene rings is 2. The number of carbonyl (C=O) groups excluding carboxylic acids is 1. The molecule has 1 heterocycles. The second-order valence-electron chi connectivity index (χ2n) is 8.39. The van der Waals surface area contributed by atoms with Gasteiger partial charge in [0.15, 0.2) is 6.61 Å². The summed E-state index contributed by atoms with van der Waals surface area (Å²) in [5.41, 5.74) is 0.667. The van der Waals surface area contributed by atoms with E-state index in [4.69, 9.17) is 14.0 Å². The van der Waals surface area contributed by atoms with Crippen molar-refractivity contribution >= 4 is 11.6 Å². The molecular weight excluding hydrogens is 428 g/mol. The predicted octanol–water partition coefficient (Wildman–Crippen LogP) is 4.17. The zero-order chi connectivity index (χ0) is 24.2. The number of amides is 1. The van der Waals surface area contributed by atoms with E-state index < -0.39 is 10.5 Å². The van der Waals surface area contributed by atoms with Crippen molar-refractivity contribution in [3.8, 4) is 22.9 Å². The fourth-order valence-electron chi connectivity index (χ4n) is 3.16. The van der Waals surface area contributed by atoms with Gasteiger partial charge in [0.2, 0.25) is 11.7 Å². The van der Waals surface area contributed by atoms with Crippen molar-refractivity contribution in [2.75, 3.05) is 13.7 Å². The Labute approximate surface area is 191 Å². The summed E-state index contributed by atoms with van der Waals surface area (Å²) >= 11 is 0. The number of hydrogen-bond donors (Lipinski definition) is 0. The van der Waals surface area contributed by atoms with E-state index in [1.165, 1.54) is 18.2 Å². The van der Waals surface area contributed by atoms with Gasteiger partial charge in [-0.05, 0) is 64.1 Å². The quantitative estimate of drug-likeness (QED) is 0.367. The molecule has 0 atom stereocenters. The zero-order valence-electron chi connectivity index (χ0n) is 19.2. The van der Waals surface area contributed by atoms with E-state index in [1.54, 1.807) is 31.1 Å². The average molecular weight is 454 g/mol. The first-order chi connectivity index (χ1) is 15.6. The second kappa shape index (κ2) is 9.68. The monoisotopic (exact) mass is 454 g/mol. The van der Waals surface area contributed by atoms with E-state index in [1.807, 2.05) is 32.9 Å². The molecule has 0 aliphatic rings. The molecule has 0 saturated heterocycles. The minimum atomic E-state index is -0.541. The highest BCUT2D eigenvalue weighted by molar-refractivity contribution is 5.78. The number of rotatable bonds is 8. The van der Waals surface area contributed by atoms with E-state index >= 15 is 0 Å². The largest absolute Gasteiger partial charge is 0.497 e. The maximum Gasteiger partial charge on any atom is 0.272 e. The van der Waals surface area contributed by atoms with Crippen molar-refractivity contribution < 1.29 is 23.7 Å². The topological polar surface area (TPSA) is 121 Å². The summed E-state index contributed by atoms with van der Waals surface area (Å²) in [7, 11) is 1.59. The fourth-order valence-corrected chi connectivity index (χ4v) is 3.16. The molecule has 10 nitrogen and oxygen atoms in total. The standard InChI is InChI=1S/C23H26N4O6/c1-15-12-18(10-11-19(15)27(29)30)32-14-21(28)26(23(2,3)4)13-20-24-22(25-33-20)16-6-8-17(31-5)9-7-16/h6-12H,13-14H2,1-5H3. The molecule has 0 radical (unpaired) electrons. The van der Waals surface area contributed by atoms with Gasteiger partial charge in [0.05, 0.1) is 12.0 Å². The Kier molecular flexibility index (Phi) is 6.95. The van der Waals surface area contributed by atoms with Crippen LogP contribution < -0.4 is 9.47 Å². The molecule has 10 heteroatoms. The molecule has 0 bridgehead atoms. The van der Waals surface area contributed by atoms with Crippen molar-refractivity contribution in [1.29, 1.82) is 0 Å². The lowest BCUT2D eigenvalue weighted by Gasteiger charge is -2.34. The lowest BCUT2D eigenvalue weighted by Crippen LogP contribution is -2.47. The van der Waals surface area contributed by atoms with Crippen LogP contribution in [0.15, 0.2) is 47.0 Å². The number of nitro benzene ring substituents is 1. The molecule has 0 saturated carbocycles. The van der Waals surface area contributed by atoms with Crippen LogP contribution in [0.2, 0.25) is 0 Å². The van der Waals surface area contributed by atoms with Crippen LogP contribution in [0.3, 0.4) is 0 Å². The molecule has 1 amide bonds. The van der Waals surface area contributed by atoms with Crippen LogP contribution in [0.25, 0.3) is 11.4 Å². The molecule has 174 valence electrons. The van der Waals surface area contributed by atoms with Crippen molar-refractivity contribution in [2.24, 2.45) is 0 Å². The van der Waals surface area contributed by atoms with E-state index in [0.717, 1.165) is 11.3 Å². The number of nitro groups is 1. The van der Waals surface area contributed by atoms with Crippen LogP contribution in [0.1, 0.15) is 32.2 Å². The third-order valence-corrected chi connectivity index (χ3v) is 4.95. The van der Waals surface area contributed by atoms with Crippen LogP contribution in [0.5, 0.6) is 11.5 Å². The van der Waals surface area contributed by atoms with Crippen LogP contribution in [0, 0.1) is 17.0 Å². The third kappa shape index (κ3) is 5.85. The third-order valence-electron chi connectivity index (χ3n) is 4.95. The number of methoxy groups -OCH3 is 1. The number of hydrogen-bond acceptors (Lipinski definition) is 8. The number of aryl methyl sites for hydroxylation is 1. The molecule has 0 aliphatic carbocycles. The molecular formula is C23H26N4O6. The first kappa shape index (κ1) is 23.7. The fraction of sp³-hybridized carbons (Fsp3) is 0.348. The van der Waals surface area contributed by atoms with Gasteiger partial charge in [0, 0.05) is 22.7 Å². The van der Waals surface area contributed by atoms with E-state index in [2.05, 4.69) is 10.1 Å². The summed E-state index contributed by atoms with van der Waals surface area (Å²) in [5.74, 6) is 1.50. The Morgan fingerprint density at radius 1 is 1.15 bits per heavy atom. The Hall–Kier alpha value is -3.95. The Balaban J connectivity index is 1.70. The molecule has 0 unspecified atom stereocenters. The average Bonchev–Trinajstić information content (AvgIpc) is 3.23. The van der Waals surface area contributed by atoms with Gasteiger partial charge >= 0.3 is 0 Å². The summed E-state index contributed by atoms with van der Waals surface area (Å²) in [6.07, 6.45) is 0. The van der Waals surface area contributed by atoms with Gasteiger partial charge in [-0.25, -0.2) is 0 Å². The lowest BCUT2D eigenvalue weighted by atomic mass is 10.1. The Bertz CT molecular complexity index is 1130. The van der Waals surface area contributed by atoms with Gasteiger partial charge in [-0.3, -0.25) is 14.9 Å². The normalized spacial score (nSPS) is 11.2. The minimum absolute atomic E-state index is 0.00551. The van der Waals surface area contributed by atoms with E-state index in [-0.39, 0.29) is 30.6 Å². The SMILES string of the molecule is COc1ccc(-c2noc(CN(C(=O)COc3ccc([N+](=O)[O-])c(C)c3)C(C)(C)C)n2)cc1. The van der Waals surface area contributed by atoms with Gasteiger partial charge in [-0.15, -0.1) is 0 Å². The van der Waals surface area contributed by atoms with Crippen molar-refractivity contribution in [1.82, 2.24) is 15.0 Å². The van der Waals surface area contributed by atoms with Crippen molar-refractivity contribution in [3.05, 3.63) is 64.0 Å². The molecule has 33 heavy (non-hydrogen) atoms. The smallest absolute Gasteiger partial charge is 0.272 e. The number of ether oxygens (including phenoxy) is 2. The van der Waals surface area contributed by atoms with Crippen LogP contribution in [0.4, 0.5) is 5.69 Å². The molecule has 1 aromatic heterocycles. The Morgan fingerprint density at radius 3 is 2.39 bits per heavy atom. The van der Waals surface area contributed by atoms with Crippen LogP contribution in [-0.2, 0) is 11.3 Å². The first-order valence-electron chi connectivity index (χ1n) is 10.2. The lowest BCUT2D eigenvalue weighted by molar-refractivity contribution is -0.385. The van der Waals surface area contributed by atoms with E-state index in [9.17, 15) is 14.9 Å². The maximum atomic E-state index is 13.0. The summed E-state index contributed by atoms with van der Waals surface area (Å²) in [6, 6.07) is 11.6. The summed E-state index contributed by atoms with van der Waals surface area (Å²) < 4.78 is 16.1. The van der Waals surface area contributed by atoms with Gasteiger partial charge in [0.1, 0.15) is 18.0 Å². The first-order valence-corrected chi connectivity index (χ1v) is 10.2. The molecule has 2 aromatic carbocycles. The molecule has 0 fully saturated rings. The highest BCUT2D eigenvalue weighted by Gasteiger charge is 2.29. The number of nitrogens with zero attached hydrogens (tertiary/aromatic N) is 4. The predicted molar refractivity (Wildman–Crippen MR) is 120 cm³/mol. The van der Waals surface area contributed by atoms with Crippen molar-refractivity contribution in [3.63, 3.8) is 0 Å². The highest BCUT2D eigenvalue weighted by atomic mass is 16.6. The summed E-state index contributed by atoms with van der Waals surface area (Å²) in [4.78, 5) is 29.5. The molecule has 3 rings (SSSR count). The van der Waals surface area contributed by atoms with E-state index in [0.29, 0.717) is 17.1 Å². The Morgan fingerprint density at radius 2 is 1.82 bits per heavy atom. The summed E-state index contributed by atoms with van der Waals surface area (Å²) in [6.45, 7) is 7.15. The molecule has 0 aliphatic heterocycles. The minimum Gasteiger partial charge on any atom is -0.497 e. The van der Waals surface area contributed by atoms with Gasteiger partial charge in [-0.1, -0.05) is 5.16 Å². The number of carbonyl (C=O) groups is 1. The van der Waals surface area contributed by atoms with Gasteiger partial charge < -0.3 is 18.9 Å². The molecule has 3 aromatic rings.